The van der Waals surface area contributed by atoms with Gasteiger partial charge in [0.1, 0.15) is 5.75 Å². The molecule has 108 valence electrons. The molecule has 0 amide bonds. The van der Waals surface area contributed by atoms with Crippen molar-refractivity contribution < 1.29 is 9.84 Å². The number of nitrogens with one attached hydrogen (secondary N) is 1. The highest BCUT2D eigenvalue weighted by molar-refractivity contribution is 5.59. The van der Waals surface area contributed by atoms with Gasteiger partial charge < -0.3 is 20.9 Å². The zero-order valence-electron chi connectivity index (χ0n) is 12.4. The molecule has 0 saturated carbocycles. The van der Waals surface area contributed by atoms with Gasteiger partial charge in [-0.25, -0.2) is 0 Å². The Morgan fingerprint density at radius 1 is 1.26 bits per heavy atom. The van der Waals surface area contributed by atoms with Gasteiger partial charge in [0.15, 0.2) is 0 Å². The minimum Gasteiger partial charge on any atom is -0.491 e. The van der Waals surface area contributed by atoms with Crippen molar-refractivity contribution in [1.82, 2.24) is 0 Å². The quantitative estimate of drug-likeness (QED) is 0.664. The Morgan fingerprint density at radius 2 is 1.89 bits per heavy atom. The van der Waals surface area contributed by atoms with E-state index in [1.54, 1.807) is 6.07 Å². The van der Waals surface area contributed by atoms with Gasteiger partial charge in [0.2, 0.25) is 0 Å². The van der Waals surface area contributed by atoms with Gasteiger partial charge in [-0.3, -0.25) is 0 Å². The Bertz CT molecular complexity index is 401. The maximum atomic E-state index is 10.2. The van der Waals surface area contributed by atoms with Crippen molar-refractivity contribution in [3.63, 3.8) is 0 Å². The van der Waals surface area contributed by atoms with Crippen LogP contribution in [0.15, 0.2) is 18.2 Å². The van der Waals surface area contributed by atoms with Crippen molar-refractivity contribution in [2.24, 2.45) is 0 Å². The molecule has 0 aromatic heterocycles. The molecule has 0 aliphatic heterocycles. The number of nitrogen functional groups attached to an aromatic ring is 1. The van der Waals surface area contributed by atoms with Gasteiger partial charge in [-0.2, -0.15) is 0 Å². The molecule has 4 nitrogen and oxygen atoms in total. The van der Waals surface area contributed by atoms with E-state index in [0.717, 1.165) is 11.4 Å². The molecule has 0 saturated heterocycles. The SMILES string of the molecule is CCC(O)(CC)CNc1cc(N)cc(OC(C)C)c1. The van der Waals surface area contributed by atoms with Crippen LogP contribution in [0.5, 0.6) is 5.75 Å². The zero-order chi connectivity index (χ0) is 14.5. The summed E-state index contributed by atoms with van der Waals surface area (Å²) in [5.74, 6) is 0.744. The second-order valence-electron chi connectivity index (χ2n) is 5.24. The van der Waals surface area contributed by atoms with E-state index in [1.165, 1.54) is 0 Å². The van der Waals surface area contributed by atoms with E-state index >= 15 is 0 Å². The first-order valence-electron chi connectivity index (χ1n) is 6.92. The highest BCUT2D eigenvalue weighted by Gasteiger charge is 2.21. The van der Waals surface area contributed by atoms with Crippen LogP contribution >= 0.6 is 0 Å². The van der Waals surface area contributed by atoms with E-state index in [-0.39, 0.29) is 6.10 Å². The number of anilines is 2. The number of nitrogens with two attached hydrogens (primary N) is 1. The van der Waals surface area contributed by atoms with Gasteiger partial charge in [0.25, 0.3) is 0 Å². The van der Waals surface area contributed by atoms with Gasteiger partial charge in [-0.1, -0.05) is 13.8 Å². The van der Waals surface area contributed by atoms with Crippen molar-refractivity contribution in [3.8, 4) is 5.75 Å². The van der Waals surface area contributed by atoms with Crippen molar-refractivity contribution in [3.05, 3.63) is 18.2 Å². The molecular formula is C15H26N2O2. The molecule has 4 heteroatoms. The molecule has 0 heterocycles. The van der Waals surface area contributed by atoms with Crippen LogP contribution in [0.4, 0.5) is 11.4 Å². The van der Waals surface area contributed by atoms with Crippen molar-refractivity contribution in [2.75, 3.05) is 17.6 Å². The lowest BCUT2D eigenvalue weighted by atomic mass is 9.97. The molecule has 1 aromatic carbocycles. The molecule has 0 spiro atoms. The highest BCUT2D eigenvalue weighted by atomic mass is 16.5. The Kier molecular flexibility index (Phi) is 5.48. The van der Waals surface area contributed by atoms with Crippen LogP contribution < -0.4 is 15.8 Å². The van der Waals surface area contributed by atoms with E-state index in [1.807, 2.05) is 39.8 Å². The minimum absolute atomic E-state index is 0.109. The van der Waals surface area contributed by atoms with Crippen molar-refractivity contribution in [2.45, 2.75) is 52.2 Å². The van der Waals surface area contributed by atoms with Crippen LogP contribution in [-0.2, 0) is 0 Å². The maximum absolute atomic E-state index is 10.2. The van der Waals surface area contributed by atoms with E-state index in [2.05, 4.69) is 5.32 Å². The van der Waals surface area contributed by atoms with Gasteiger partial charge in [0, 0.05) is 30.1 Å². The summed E-state index contributed by atoms with van der Waals surface area (Å²) < 4.78 is 5.64. The summed E-state index contributed by atoms with van der Waals surface area (Å²) in [4.78, 5) is 0. The summed E-state index contributed by atoms with van der Waals surface area (Å²) in [5.41, 5.74) is 6.70. The fraction of sp³-hybridized carbons (Fsp3) is 0.600. The molecule has 0 unspecified atom stereocenters. The van der Waals surface area contributed by atoms with Gasteiger partial charge in [-0.05, 0) is 32.8 Å². The molecule has 1 rings (SSSR count). The third-order valence-corrected chi connectivity index (χ3v) is 3.24. The van der Waals surface area contributed by atoms with Gasteiger partial charge in [-0.15, -0.1) is 0 Å². The normalized spacial score (nSPS) is 11.7. The fourth-order valence-electron chi connectivity index (χ4n) is 1.83. The summed E-state index contributed by atoms with van der Waals surface area (Å²) in [6, 6.07) is 5.55. The molecular weight excluding hydrogens is 240 g/mol. The number of rotatable bonds is 7. The molecule has 0 fully saturated rings. The fourth-order valence-corrected chi connectivity index (χ4v) is 1.83. The summed E-state index contributed by atoms with van der Waals surface area (Å²) in [6.45, 7) is 8.42. The molecule has 19 heavy (non-hydrogen) atoms. The van der Waals surface area contributed by atoms with E-state index < -0.39 is 5.60 Å². The summed E-state index contributed by atoms with van der Waals surface area (Å²) >= 11 is 0. The Balaban J connectivity index is 2.75. The van der Waals surface area contributed by atoms with E-state index in [9.17, 15) is 5.11 Å². The molecule has 0 aliphatic carbocycles. The molecule has 0 bridgehead atoms. The molecule has 4 N–H and O–H groups in total. The number of aliphatic hydroxyl groups is 1. The third-order valence-electron chi connectivity index (χ3n) is 3.24. The van der Waals surface area contributed by atoms with Crippen LogP contribution in [0.25, 0.3) is 0 Å². The predicted octanol–water partition coefficient (Wildman–Crippen LogP) is 3.02. The van der Waals surface area contributed by atoms with Crippen LogP contribution in [0.1, 0.15) is 40.5 Å². The molecule has 1 aromatic rings. The smallest absolute Gasteiger partial charge is 0.123 e. The van der Waals surface area contributed by atoms with Crippen LogP contribution in [0, 0.1) is 0 Å². The summed E-state index contributed by atoms with van der Waals surface area (Å²) in [7, 11) is 0. The first kappa shape index (κ1) is 15.6. The second kappa shape index (κ2) is 6.66. The zero-order valence-corrected chi connectivity index (χ0v) is 12.4. The van der Waals surface area contributed by atoms with Crippen molar-refractivity contribution >= 4 is 11.4 Å². The number of hydrogen-bond donors (Lipinski definition) is 3. The minimum atomic E-state index is -0.677. The van der Waals surface area contributed by atoms with E-state index in [4.69, 9.17) is 10.5 Å². The topological polar surface area (TPSA) is 67.5 Å². The third kappa shape index (κ3) is 4.99. The largest absolute Gasteiger partial charge is 0.491 e. The Hall–Kier alpha value is -1.42. The first-order chi connectivity index (χ1) is 8.88. The first-order valence-corrected chi connectivity index (χ1v) is 6.92. The average molecular weight is 266 g/mol. The maximum Gasteiger partial charge on any atom is 0.123 e. The lowest BCUT2D eigenvalue weighted by Crippen LogP contribution is -2.35. The van der Waals surface area contributed by atoms with Crippen LogP contribution in [0.2, 0.25) is 0 Å². The standard InChI is InChI=1S/C15H26N2O2/c1-5-15(18,6-2)10-17-13-7-12(16)8-14(9-13)19-11(3)4/h7-9,11,17-18H,5-6,10,16H2,1-4H3. The monoisotopic (exact) mass is 266 g/mol. The second-order valence-corrected chi connectivity index (χ2v) is 5.24. The predicted molar refractivity (Wildman–Crippen MR) is 80.6 cm³/mol. The van der Waals surface area contributed by atoms with Crippen molar-refractivity contribution in [1.29, 1.82) is 0 Å². The van der Waals surface area contributed by atoms with Crippen LogP contribution in [-0.4, -0.2) is 23.4 Å². The Labute approximate surface area is 116 Å². The summed E-state index contributed by atoms with van der Waals surface area (Å²) in [5, 5.41) is 13.5. The van der Waals surface area contributed by atoms with Crippen LogP contribution in [0.3, 0.4) is 0 Å². The van der Waals surface area contributed by atoms with Gasteiger partial charge in [0.05, 0.1) is 11.7 Å². The van der Waals surface area contributed by atoms with E-state index in [0.29, 0.717) is 25.1 Å². The number of hydrogen-bond acceptors (Lipinski definition) is 4. The highest BCUT2D eigenvalue weighted by Crippen LogP contribution is 2.24. The lowest BCUT2D eigenvalue weighted by Gasteiger charge is -2.26. The average Bonchev–Trinajstić information content (AvgIpc) is 2.34. The Morgan fingerprint density at radius 3 is 2.42 bits per heavy atom. The molecule has 0 radical (unpaired) electrons. The summed E-state index contributed by atoms with van der Waals surface area (Å²) in [6.07, 6.45) is 1.54. The lowest BCUT2D eigenvalue weighted by molar-refractivity contribution is 0.0457. The molecule has 0 aliphatic rings. The van der Waals surface area contributed by atoms with Gasteiger partial charge >= 0.3 is 0 Å². The molecule has 0 atom stereocenters. The number of ether oxygens (including phenoxy) is 1. The number of benzene rings is 1.